The molecule has 0 aliphatic heterocycles. The maximum Gasteiger partial charge on any atom is 0.213 e. The number of aromatic amines is 2. The number of rotatable bonds is 3. The Balaban J connectivity index is 1.98. The fraction of sp³-hybridized carbons (Fsp3) is 0.200. The highest BCUT2D eigenvalue weighted by Crippen LogP contribution is 2.02. The first-order valence-electron chi connectivity index (χ1n) is 4.52. The van der Waals surface area contributed by atoms with E-state index in [9.17, 15) is 0 Å². The predicted octanol–water partition coefficient (Wildman–Crippen LogP) is 2.25. The third-order valence-electron chi connectivity index (χ3n) is 2.04. The van der Waals surface area contributed by atoms with Crippen molar-refractivity contribution in [3.8, 4) is 0 Å². The number of hydrogen-bond acceptors (Lipinski definition) is 2. The van der Waals surface area contributed by atoms with Gasteiger partial charge in [-0.15, -0.1) is 0 Å². The predicted molar refractivity (Wildman–Crippen MR) is 57.6 cm³/mol. The number of H-pyrrole nitrogens is 2. The van der Waals surface area contributed by atoms with E-state index in [1.807, 2.05) is 18.2 Å². The molecule has 0 saturated heterocycles. The molecule has 0 amide bonds. The van der Waals surface area contributed by atoms with Crippen molar-refractivity contribution in [1.82, 2.24) is 15.2 Å². The lowest BCUT2D eigenvalue weighted by Crippen LogP contribution is -1.93. The molecule has 2 aromatic rings. The molecule has 2 N–H and O–H groups in total. The van der Waals surface area contributed by atoms with Gasteiger partial charge in [0, 0.05) is 6.42 Å². The minimum Gasteiger partial charge on any atom is -0.286 e. The SMILES string of the molecule is S=c1nc(CCc2ccccc2)[nH][nH]1. The quantitative estimate of drug-likeness (QED) is 0.755. The molecule has 0 spiro atoms. The van der Waals surface area contributed by atoms with Crippen LogP contribution in [0.4, 0.5) is 0 Å². The van der Waals surface area contributed by atoms with E-state index in [0.29, 0.717) is 4.77 Å². The molecule has 0 radical (unpaired) electrons. The van der Waals surface area contributed by atoms with Crippen LogP contribution in [0.15, 0.2) is 30.3 Å². The maximum absolute atomic E-state index is 4.87. The zero-order chi connectivity index (χ0) is 9.80. The molecule has 4 heteroatoms. The average molecular weight is 205 g/mol. The van der Waals surface area contributed by atoms with Crippen LogP contribution in [0.2, 0.25) is 0 Å². The van der Waals surface area contributed by atoms with E-state index in [0.717, 1.165) is 18.7 Å². The second-order valence-electron chi connectivity index (χ2n) is 3.10. The molecule has 1 aromatic heterocycles. The fourth-order valence-corrected chi connectivity index (χ4v) is 1.49. The standard InChI is InChI=1S/C10H11N3S/c14-10-11-9(12-13-10)7-6-8-4-2-1-3-5-8/h1-5H,6-7H2,(H2,11,12,13,14). The number of aryl methyl sites for hydroxylation is 2. The first-order chi connectivity index (χ1) is 6.84. The van der Waals surface area contributed by atoms with Gasteiger partial charge in [0.25, 0.3) is 0 Å². The Morgan fingerprint density at radius 1 is 1.07 bits per heavy atom. The summed E-state index contributed by atoms with van der Waals surface area (Å²) >= 11 is 4.87. The highest BCUT2D eigenvalue weighted by Gasteiger charge is 1.97. The van der Waals surface area contributed by atoms with Gasteiger partial charge in [0.1, 0.15) is 5.82 Å². The average Bonchev–Trinajstić information content (AvgIpc) is 2.63. The van der Waals surface area contributed by atoms with E-state index >= 15 is 0 Å². The van der Waals surface area contributed by atoms with Crippen molar-refractivity contribution in [2.24, 2.45) is 0 Å². The molecule has 72 valence electrons. The Hall–Kier alpha value is -1.42. The summed E-state index contributed by atoms with van der Waals surface area (Å²) < 4.78 is 0.521. The molecular weight excluding hydrogens is 194 g/mol. The lowest BCUT2D eigenvalue weighted by Gasteiger charge is -1.97. The van der Waals surface area contributed by atoms with Crippen molar-refractivity contribution < 1.29 is 0 Å². The van der Waals surface area contributed by atoms with Gasteiger partial charge in [-0.1, -0.05) is 30.3 Å². The van der Waals surface area contributed by atoms with Gasteiger partial charge in [0.2, 0.25) is 4.77 Å². The summed E-state index contributed by atoms with van der Waals surface area (Å²) in [6, 6.07) is 10.3. The molecule has 3 nitrogen and oxygen atoms in total. The van der Waals surface area contributed by atoms with Crippen LogP contribution in [0.25, 0.3) is 0 Å². The molecule has 1 heterocycles. The van der Waals surface area contributed by atoms with Gasteiger partial charge in [-0.05, 0) is 24.2 Å². The Bertz CT molecular complexity index is 444. The van der Waals surface area contributed by atoms with Crippen molar-refractivity contribution in [1.29, 1.82) is 0 Å². The Morgan fingerprint density at radius 2 is 1.86 bits per heavy atom. The van der Waals surface area contributed by atoms with Gasteiger partial charge in [-0.2, -0.15) is 0 Å². The molecule has 0 aliphatic carbocycles. The third kappa shape index (κ3) is 2.29. The number of nitrogens with one attached hydrogen (secondary N) is 2. The molecule has 0 unspecified atom stereocenters. The van der Waals surface area contributed by atoms with Crippen LogP contribution >= 0.6 is 12.2 Å². The molecule has 0 aliphatic rings. The van der Waals surface area contributed by atoms with E-state index < -0.39 is 0 Å². The number of benzene rings is 1. The summed E-state index contributed by atoms with van der Waals surface area (Å²) in [5.74, 6) is 0.916. The van der Waals surface area contributed by atoms with Crippen LogP contribution in [0.3, 0.4) is 0 Å². The van der Waals surface area contributed by atoms with Crippen LogP contribution in [0.1, 0.15) is 11.4 Å². The van der Waals surface area contributed by atoms with Crippen molar-refractivity contribution in [3.63, 3.8) is 0 Å². The Labute approximate surface area is 87.2 Å². The van der Waals surface area contributed by atoms with Gasteiger partial charge >= 0.3 is 0 Å². The molecule has 14 heavy (non-hydrogen) atoms. The van der Waals surface area contributed by atoms with Crippen LogP contribution < -0.4 is 0 Å². The van der Waals surface area contributed by atoms with E-state index in [2.05, 4.69) is 27.3 Å². The van der Waals surface area contributed by atoms with Crippen LogP contribution in [-0.2, 0) is 12.8 Å². The fourth-order valence-electron chi connectivity index (χ4n) is 1.33. The van der Waals surface area contributed by atoms with Crippen molar-refractivity contribution in [2.45, 2.75) is 12.8 Å². The van der Waals surface area contributed by atoms with Gasteiger partial charge in [0.05, 0.1) is 0 Å². The maximum atomic E-state index is 4.87. The second-order valence-corrected chi connectivity index (χ2v) is 3.49. The van der Waals surface area contributed by atoms with Crippen molar-refractivity contribution in [2.75, 3.05) is 0 Å². The molecule has 1 aromatic carbocycles. The summed E-state index contributed by atoms with van der Waals surface area (Å²) in [4.78, 5) is 4.13. The van der Waals surface area contributed by atoms with Crippen molar-refractivity contribution >= 4 is 12.2 Å². The lowest BCUT2D eigenvalue weighted by molar-refractivity contribution is 0.865. The highest BCUT2D eigenvalue weighted by molar-refractivity contribution is 7.71. The smallest absolute Gasteiger partial charge is 0.213 e. The minimum absolute atomic E-state index is 0.521. The largest absolute Gasteiger partial charge is 0.286 e. The summed E-state index contributed by atoms with van der Waals surface area (Å²) in [6.45, 7) is 0. The van der Waals surface area contributed by atoms with Gasteiger partial charge in [0.15, 0.2) is 0 Å². The molecule has 0 saturated carbocycles. The van der Waals surface area contributed by atoms with Crippen LogP contribution in [0.5, 0.6) is 0 Å². The third-order valence-corrected chi connectivity index (χ3v) is 2.24. The Kier molecular flexibility index (Phi) is 2.74. The molecular formula is C10H11N3S. The monoisotopic (exact) mass is 205 g/mol. The minimum atomic E-state index is 0.521. The van der Waals surface area contributed by atoms with Gasteiger partial charge < -0.3 is 0 Å². The number of hydrogen-bond donors (Lipinski definition) is 2. The van der Waals surface area contributed by atoms with Gasteiger partial charge in [-0.25, -0.2) is 4.98 Å². The van der Waals surface area contributed by atoms with Crippen molar-refractivity contribution in [3.05, 3.63) is 46.5 Å². The Morgan fingerprint density at radius 3 is 2.50 bits per heavy atom. The van der Waals surface area contributed by atoms with E-state index in [4.69, 9.17) is 12.2 Å². The van der Waals surface area contributed by atoms with E-state index in [-0.39, 0.29) is 0 Å². The zero-order valence-corrected chi connectivity index (χ0v) is 8.47. The summed E-state index contributed by atoms with van der Waals surface area (Å²) in [6.07, 6.45) is 1.87. The summed E-state index contributed by atoms with van der Waals surface area (Å²) in [5, 5.41) is 5.72. The van der Waals surface area contributed by atoms with E-state index in [1.165, 1.54) is 5.56 Å². The first-order valence-corrected chi connectivity index (χ1v) is 4.93. The highest BCUT2D eigenvalue weighted by atomic mass is 32.1. The first kappa shape index (κ1) is 9.15. The molecule has 0 fully saturated rings. The summed E-state index contributed by atoms with van der Waals surface area (Å²) in [7, 11) is 0. The number of aromatic nitrogens is 3. The van der Waals surface area contributed by atoms with E-state index in [1.54, 1.807) is 0 Å². The molecule has 2 rings (SSSR count). The second kappa shape index (κ2) is 4.19. The number of nitrogens with zero attached hydrogens (tertiary/aromatic N) is 1. The zero-order valence-electron chi connectivity index (χ0n) is 7.66. The van der Waals surface area contributed by atoms with Crippen LogP contribution in [0, 0.1) is 4.77 Å². The molecule has 0 bridgehead atoms. The topological polar surface area (TPSA) is 44.5 Å². The van der Waals surface area contributed by atoms with Crippen LogP contribution in [-0.4, -0.2) is 15.2 Å². The normalized spacial score (nSPS) is 10.3. The molecule has 0 atom stereocenters. The summed E-state index contributed by atoms with van der Waals surface area (Å²) in [5.41, 5.74) is 1.31. The van der Waals surface area contributed by atoms with Gasteiger partial charge in [-0.3, -0.25) is 10.2 Å². The lowest BCUT2D eigenvalue weighted by atomic mass is 10.1.